The maximum Gasteiger partial charge on any atom is 0.337 e. The number of nitrogens with zero attached hydrogens (tertiary/aromatic N) is 2. The van der Waals surface area contributed by atoms with E-state index in [1.807, 2.05) is 24.3 Å². The van der Waals surface area contributed by atoms with Gasteiger partial charge in [0.2, 0.25) is 0 Å². The Hall–Kier alpha value is -3.03. The number of esters is 1. The van der Waals surface area contributed by atoms with Gasteiger partial charge in [-0.25, -0.2) is 9.55 Å². The van der Waals surface area contributed by atoms with E-state index in [0.29, 0.717) is 17.0 Å². The molecule has 0 radical (unpaired) electrons. The minimum atomic E-state index is -0.977. The van der Waals surface area contributed by atoms with Crippen LogP contribution >= 0.6 is 0 Å². The lowest BCUT2D eigenvalue weighted by Gasteiger charge is -2.38. The SMILES string of the molecule is COC(=O)c1ccc(NC(=O)C[N+]2([O-])Cc3ccccc3C(C)=N2)cc1. The molecule has 1 N–H and O–H groups in total. The largest absolute Gasteiger partial charge is 0.604 e. The molecule has 1 unspecified atom stereocenters. The number of hydrogen-bond donors (Lipinski definition) is 1. The molecule has 1 atom stereocenters. The highest BCUT2D eigenvalue weighted by Gasteiger charge is 2.28. The second-order valence-corrected chi connectivity index (χ2v) is 6.12. The molecular formula is C19H19N3O4. The Morgan fingerprint density at radius 1 is 1.19 bits per heavy atom. The van der Waals surface area contributed by atoms with Crippen LogP contribution < -0.4 is 5.32 Å². The van der Waals surface area contributed by atoms with Crippen LogP contribution in [-0.2, 0) is 16.1 Å². The number of quaternary nitrogens is 1. The number of amides is 1. The number of ether oxygens (including phenoxy) is 1. The van der Waals surface area contributed by atoms with Gasteiger partial charge in [0, 0.05) is 16.8 Å². The summed E-state index contributed by atoms with van der Waals surface area (Å²) >= 11 is 0. The van der Waals surface area contributed by atoms with Gasteiger partial charge >= 0.3 is 5.97 Å². The van der Waals surface area contributed by atoms with Crippen molar-refractivity contribution in [3.8, 4) is 0 Å². The first-order chi connectivity index (χ1) is 12.4. The van der Waals surface area contributed by atoms with Crippen LogP contribution in [0.3, 0.4) is 0 Å². The monoisotopic (exact) mass is 353 g/mol. The second kappa shape index (κ2) is 7.07. The van der Waals surface area contributed by atoms with Crippen LogP contribution in [0.15, 0.2) is 53.6 Å². The molecule has 7 heteroatoms. The summed E-state index contributed by atoms with van der Waals surface area (Å²) in [5.74, 6) is -0.898. The highest BCUT2D eigenvalue weighted by atomic mass is 16.6. The van der Waals surface area contributed by atoms with Crippen molar-refractivity contribution in [3.63, 3.8) is 0 Å². The fourth-order valence-corrected chi connectivity index (χ4v) is 2.96. The van der Waals surface area contributed by atoms with E-state index >= 15 is 0 Å². The molecule has 1 aliphatic heterocycles. The molecule has 134 valence electrons. The van der Waals surface area contributed by atoms with Crippen LogP contribution in [-0.4, -0.2) is 36.0 Å². The smallest absolute Gasteiger partial charge is 0.337 e. The van der Waals surface area contributed by atoms with Crippen molar-refractivity contribution in [1.29, 1.82) is 0 Å². The van der Waals surface area contributed by atoms with Crippen molar-refractivity contribution in [3.05, 3.63) is 70.4 Å². The van der Waals surface area contributed by atoms with Crippen molar-refractivity contribution in [2.24, 2.45) is 5.10 Å². The summed E-state index contributed by atoms with van der Waals surface area (Å²) < 4.78 is 3.65. The Morgan fingerprint density at radius 3 is 2.58 bits per heavy atom. The number of nitrogens with one attached hydrogen (secondary N) is 1. The predicted octanol–water partition coefficient (Wildman–Crippen LogP) is 2.66. The first-order valence-electron chi connectivity index (χ1n) is 8.12. The fraction of sp³-hybridized carbons (Fsp3) is 0.211. The summed E-state index contributed by atoms with van der Waals surface area (Å²) in [7, 11) is 1.30. The van der Waals surface area contributed by atoms with E-state index in [1.165, 1.54) is 7.11 Å². The normalized spacial score (nSPS) is 18.5. The number of fused-ring (bicyclic) bond motifs is 1. The molecule has 2 aromatic rings. The minimum absolute atomic E-state index is 0.113. The molecule has 0 aliphatic carbocycles. The first-order valence-corrected chi connectivity index (χ1v) is 8.12. The number of benzene rings is 2. The molecule has 0 bridgehead atoms. The van der Waals surface area contributed by atoms with Gasteiger partial charge in [0.25, 0.3) is 5.91 Å². The molecule has 7 nitrogen and oxygen atoms in total. The summed E-state index contributed by atoms with van der Waals surface area (Å²) in [4.78, 5) is 23.7. The van der Waals surface area contributed by atoms with Gasteiger partial charge in [-0.2, -0.15) is 0 Å². The van der Waals surface area contributed by atoms with E-state index in [9.17, 15) is 14.8 Å². The second-order valence-electron chi connectivity index (χ2n) is 6.12. The molecule has 0 spiro atoms. The number of anilines is 1. The summed E-state index contributed by atoms with van der Waals surface area (Å²) in [6.07, 6.45) is 0. The fourth-order valence-electron chi connectivity index (χ4n) is 2.96. The van der Waals surface area contributed by atoms with Gasteiger partial charge in [-0.05, 0) is 31.2 Å². The van der Waals surface area contributed by atoms with Gasteiger partial charge in [0.15, 0.2) is 6.54 Å². The van der Waals surface area contributed by atoms with E-state index in [4.69, 9.17) is 0 Å². The molecular weight excluding hydrogens is 334 g/mol. The van der Waals surface area contributed by atoms with Crippen molar-refractivity contribution in [2.45, 2.75) is 13.5 Å². The number of rotatable bonds is 4. The Labute approximate surface area is 151 Å². The van der Waals surface area contributed by atoms with Gasteiger partial charge in [-0.15, -0.1) is 0 Å². The molecule has 0 fully saturated rings. The number of methoxy groups -OCH3 is 1. The summed E-state index contributed by atoms with van der Waals surface area (Å²) in [5, 5.41) is 19.7. The van der Waals surface area contributed by atoms with Gasteiger partial charge in [-0.3, -0.25) is 4.79 Å². The summed E-state index contributed by atoms with van der Waals surface area (Å²) in [5.41, 5.74) is 3.32. The number of carbonyl (C=O) groups excluding carboxylic acids is 2. The minimum Gasteiger partial charge on any atom is -0.604 e. The Kier molecular flexibility index (Phi) is 4.83. The first kappa shape index (κ1) is 17.8. The average Bonchev–Trinajstić information content (AvgIpc) is 2.61. The average molecular weight is 353 g/mol. The third kappa shape index (κ3) is 3.79. The predicted molar refractivity (Wildman–Crippen MR) is 97.3 cm³/mol. The summed E-state index contributed by atoms with van der Waals surface area (Å²) in [6.45, 7) is 1.55. The maximum absolute atomic E-state index is 12.9. The molecule has 3 rings (SSSR count). The summed E-state index contributed by atoms with van der Waals surface area (Å²) in [6, 6.07) is 13.8. The molecule has 26 heavy (non-hydrogen) atoms. The van der Waals surface area contributed by atoms with Gasteiger partial charge in [0.1, 0.15) is 12.3 Å². The van der Waals surface area contributed by atoms with Crippen molar-refractivity contribution in [2.75, 3.05) is 19.0 Å². The third-order valence-electron chi connectivity index (χ3n) is 4.14. The van der Waals surface area contributed by atoms with Crippen molar-refractivity contribution < 1.29 is 19.1 Å². The molecule has 1 aliphatic rings. The zero-order valence-corrected chi connectivity index (χ0v) is 14.6. The number of hydrogen-bond acceptors (Lipinski definition) is 5. The maximum atomic E-state index is 12.9. The van der Waals surface area contributed by atoms with E-state index in [0.717, 1.165) is 11.1 Å². The molecule has 1 heterocycles. The van der Waals surface area contributed by atoms with E-state index in [1.54, 1.807) is 31.2 Å². The third-order valence-corrected chi connectivity index (χ3v) is 4.14. The highest BCUT2D eigenvalue weighted by molar-refractivity contribution is 6.00. The van der Waals surface area contributed by atoms with Crippen LogP contribution in [0, 0.1) is 5.21 Å². The quantitative estimate of drug-likeness (QED) is 0.520. The lowest BCUT2D eigenvalue weighted by atomic mass is 10.0. The molecule has 0 saturated carbocycles. The molecule has 0 aromatic heterocycles. The van der Waals surface area contributed by atoms with Crippen LogP contribution in [0.5, 0.6) is 0 Å². The van der Waals surface area contributed by atoms with E-state index in [-0.39, 0.29) is 13.1 Å². The zero-order chi connectivity index (χ0) is 18.7. The van der Waals surface area contributed by atoms with E-state index in [2.05, 4.69) is 15.2 Å². The standard InChI is InChI=1S/C19H19N3O4/c1-13-17-6-4-3-5-15(17)11-22(25,21-13)12-18(23)20-16-9-7-14(8-10-16)19(24)26-2/h3-10H,11-12H2,1-2H3,(H,20,23). The number of hydroxylamine groups is 2. The van der Waals surface area contributed by atoms with Crippen LogP contribution in [0.4, 0.5) is 5.69 Å². The van der Waals surface area contributed by atoms with Crippen LogP contribution in [0.1, 0.15) is 28.4 Å². The molecule has 2 aromatic carbocycles. The topological polar surface area (TPSA) is 90.8 Å². The van der Waals surface area contributed by atoms with Gasteiger partial charge in [-0.1, -0.05) is 29.4 Å². The lowest BCUT2D eigenvalue weighted by molar-refractivity contribution is -0.893. The van der Waals surface area contributed by atoms with Crippen LogP contribution in [0.25, 0.3) is 0 Å². The number of carbonyl (C=O) groups is 2. The van der Waals surface area contributed by atoms with Crippen LogP contribution in [0.2, 0.25) is 0 Å². The Bertz CT molecular complexity index is 877. The lowest BCUT2D eigenvalue weighted by Crippen LogP contribution is -2.45. The Balaban J connectivity index is 1.68. The molecule has 0 saturated heterocycles. The van der Waals surface area contributed by atoms with Crippen molar-refractivity contribution >= 4 is 23.3 Å². The van der Waals surface area contributed by atoms with Gasteiger partial charge < -0.3 is 15.3 Å². The van der Waals surface area contributed by atoms with E-state index < -0.39 is 16.6 Å². The highest BCUT2D eigenvalue weighted by Crippen LogP contribution is 2.24. The zero-order valence-electron chi connectivity index (χ0n) is 14.6. The molecule has 1 amide bonds. The van der Waals surface area contributed by atoms with Crippen molar-refractivity contribution in [1.82, 2.24) is 0 Å². The van der Waals surface area contributed by atoms with Gasteiger partial charge in [0.05, 0.1) is 12.7 Å². The Morgan fingerprint density at radius 2 is 1.88 bits per heavy atom.